The quantitative estimate of drug-likeness (QED) is 0.859. The number of aliphatic hydroxyl groups excluding tert-OH is 1. The second-order valence-electron chi connectivity index (χ2n) is 4.84. The van der Waals surface area contributed by atoms with Crippen molar-refractivity contribution >= 4 is 9.84 Å². The van der Waals surface area contributed by atoms with Crippen LogP contribution >= 0.6 is 0 Å². The third-order valence-electron chi connectivity index (χ3n) is 2.89. The Morgan fingerprint density at radius 1 is 1.35 bits per heavy atom. The number of sulfone groups is 1. The maximum atomic E-state index is 11.8. The number of aromatic nitrogens is 3. The lowest BCUT2D eigenvalue weighted by Gasteiger charge is -2.24. The molecule has 0 aromatic carbocycles. The van der Waals surface area contributed by atoms with E-state index >= 15 is 0 Å². The fourth-order valence-corrected chi connectivity index (χ4v) is 2.02. The van der Waals surface area contributed by atoms with Crippen LogP contribution in [0.4, 0.5) is 0 Å². The van der Waals surface area contributed by atoms with Crippen LogP contribution in [0, 0.1) is 0 Å². The molecule has 17 heavy (non-hydrogen) atoms. The largest absolute Gasteiger partial charge is 0.388 e. The zero-order valence-electron chi connectivity index (χ0n) is 10.8. The van der Waals surface area contributed by atoms with Crippen LogP contribution in [0.3, 0.4) is 0 Å². The Hall–Kier alpha value is -0.950. The Morgan fingerprint density at radius 3 is 2.24 bits per heavy atom. The van der Waals surface area contributed by atoms with Crippen LogP contribution in [0.15, 0.2) is 0 Å². The van der Waals surface area contributed by atoms with Crippen molar-refractivity contribution in [2.75, 3.05) is 6.26 Å². The van der Waals surface area contributed by atoms with Crippen molar-refractivity contribution in [3.05, 3.63) is 11.6 Å². The van der Waals surface area contributed by atoms with Gasteiger partial charge in [-0.1, -0.05) is 0 Å². The van der Waals surface area contributed by atoms with E-state index in [9.17, 15) is 13.5 Å². The monoisotopic (exact) mass is 261 g/mol. The first-order valence-corrected chi connectivity index (χ1v) is 7.26. The van der Waals surface area contributed by atoms with Crippen molar-refractivity contribution in [2.45, 2.75) is 45.1 Å². The molecule has 0 atom stereocenters. The maximum absolute atomic E-state index is 11.8. The lowest BCUT2D eigenvalue weighted by Crippen LogP contribution is -2.32. The second kappa shape index (κ2) is 4.38. The molecule has 1 rings (SSSR count). The van der Waals surface area contributed by atoms with Crippen molar-refractivity contribution < 1.29 is 13.5 Å². The van der Waals surface area contributed by atoms with Crippen molar-refractivity contribution in [1.82, 2.24) is 14.8 Å². The van der Waals surface area contributed by atoms with Gasteiger partial charge < -0.3 is 9.67 Å². The highest BCUT2D eigenvalue weighted by atomic mass is 32.2. The van der Waals surface area contributed by atoms with Gasteiger partial charge in [-0.3, -0.25) is 0 Å². The highest BCUT2D eigenvalue weighted by Crippen LogP contribution is 2.29. The summed E-state index contributed by atoms with van der Waals surface area (Å²) < 4.78 is 24.1. The molecule has 1 N–H and O–H groups in total. The van der Waals surface area contributed by atoms with E-state index in [1.54, 1.807) is 18.4 Å². The summed E-state index contributed by atoms with van der Waals surface area (Å²) in [5.74, 6) is 0.741. The van der Waals surface area contributed by atoms with Gasteiger partial charge >= 0.3 is 0 Å². The molecule has 1 aromatic rings. The predicted octanol–water partition coefficient (Wildman–Crippen LogP) is 0.631. The Bertz CT molecular complexity index is 503. The minimum Gasteiger partial charge on any atom is -0.388 e. The van der Waals surface area contributed by atoms with Gasteiger partial charge in [0.15, 0.2) is 21.5 Å². The van der Waals surface area contributed by atoms with Gasteiger partial charge in [-0.25, -0.2) is 8.42 Å². The molecule has 7 heteroatoms. The molecule has 0 amide bonds. The van der Waals surface area contributed by atoms with Crippen molar-refractivity contribution in [3.63, 3.8) is 0 Å². The summed E-state index contributed by atoms with van der Waals surface area (Å²) in [6, 6.07) is -0.0109. The van der Waals surface area contributed by atoms with Crippen molar-refractivity contribution in [2.24, 2.45) is 0 Å². The highest BCUT2D eigenvalue weighted by molar-refractivity contribution is 7.91. The fraction of sp³-hybridized carbons (Fsp3) is 0.800. The first kappa shape index (κ1) is 14.1. The summed E-state index contributed by atoms with van der Waals surface area (Å²) in [5.41, 5.74) is 0. The number of hydrogen-bond donors (Lipinski definition) is 1. The summed E-state index contributed by atoms with van der Waals surface area (Å²) in [6.45, 7) is 6.71. The van der Waals surface area contributed by atoms with E-state index in [1.165, 1.54) is 6.26 Å². The van der Waals surface area contributed by atoms with Gasteiger partial charge in [-0.2, -0.15) is 0 Å². The number of aliphatic hydroxyl groups is 1. The molecule has 6 nitrogen and oxygen atoms in total. The van der Waals surface area contributed by atoms with E-state index in [0.717, 1.165) is 0 Å². The number of nitrogens with zero attached hydrogens (tertiary/aromatic N) is 3. The summed E-state index contributed by atoms with van der Waals surface area (Å²) in [5, 5.41) is 16.9. The van der Waals surface area contributed by atoms with E-state index in [2.05, 4.69) is 10.2 Å². The molecule has 0 aliphatic rings. The molecule has 0 spiro atoms. The highest BCUT2D eigenvalue weighted by Gasteiger charge is 2.38. The third-order valence-corrected chi connectivity index (χ3v) is 4.93. The topological polar surface area (TPSA) is 85.1 Å². The van der Waals surface area contributed by atoms with E-state index in [1.807, 2.05) is 13.8 Å². The average Bonchev–Trinajstić information content (AvgIpc) is 2.59. The first-order chi connectivity index (χ1) is 7.63. The maximum Gasteiger partial charge on any atom is 0.159 e. The van der Waals surface area contributed by atoms with Crippen LogP contribution in [0.2, 0.25) is 0 Å². The average molecular weight is 261 g/mol. The molecular formula is C10H19N3O3S. The van der Waals surface area contributed by atoms with E-state index < -0.39 is 14.6 Å². The SMILES string of the molecule is CC(C)n1c(CO)nnc1C(C)(C)S(C)(=O)=O. The van der Waals surface area contributed by atoms with E-state index in [-0.39, 0.29) is 12.6 Å². The lowest BCUT2D eigenvalue weighted by molar-refractivity contribution is 0.261. The Kier molecular flexibility index (Phi) is 3.63. The molecule has 0 bridgehead atoms. The number of hydrogen-bond acceptors (Lipinski definition) is 5. The van der Waals surface area contributed by atoms with Gasteiger partial charge in [0.2, 0.25) is 0 Å². The van der Waals surface area contributed by atoms with Gasteiger partial charge in [-0.15, -0.1) is 10.2 Å². The van der Waals surface area contributed by atoms with Crippen LogP contribution in [0.1, 0.15) is 45.4 Å². The van der Waals surface area contributed by atoms with Gasteiger partial charge in [0.25, 0.3) is 0 Å². The molecule has 0 radical (unpaired) electrons. The molecule has 0 unspecified atom stereocenters. The lowest BCUT2D eigenvalue weighted by atomic mass is 10.2. The summed E-state index contributed by atoms with van der Waals surface area (Å²) in [7, 11) is -3.31. The molecule has 0 fully saturated rings. The molecule has 0 saturated carbocycles. The van der Waals surface area contributed by atoms with Crippen molar-refractivity contribution in [3.8, 4) is 0 Å². The molecule has 0 aliphatic carbocycles. The van der Waals surface area contributed by atoms with Gasteiger partial charge in [0, 0.05) is 12.3 Å². The van der Waals surface area contributed by atoms with Gasteiger partial charge in [0.05, 0.1) is 0 Å². The minimum atomic E-state index is -3.31. The van der Waals surface area contributed by atoms with Crippen LogP contribution in [0.25, 0.3) is 0 Å². The van der Waals surface area contributed by atoms with E-state index in [4.69, 9.17) is 0 Å². The minimum absolute atomic E-state index is 0.0109. The predicted molar refractivity (Wildman–Crippen MR) is 64.2 cm³/mol. The van der Waals surface area contributed by atoms with Crippen LogP contribution in [-0.4, -0.2) is 34.5 Å². The smallest absolute Gasteiger partial charge is 0.159 e. The number of rotatable bonds is 4. The Balaban J connectivity index is 3.48. The van der Waals surface area contributed by atoms with Crippen LogP contribution in [0.5, 0.6) is 0 Å². The second-order valence-corrected chi connectivity index (χ2v) is 7.41. The molecule has 1 heterocycles. The van der Waals surface area contributed by atoms with Crippen LogP contribution in [-0.2, 0) is 21.2 Å². The molecular weight excluding hydrogens is 242 g/mol. The zero-order chi connectivity index (χ0) is 13.4. The van der Waals surface area contributed by atoms with Gasteiger partial charge in [0.1, 0.15) is 11.4 Å². The molecule has 0 saturated heterocycles. The van der Waals surface area contributed by atoms with E-state index in [0.29, 0.717) is 11.6 Å². The third kappa shape index (κ3) is 2.35. The molecule has 0 aliphatic heterocycles. The molecule has 98 valence electrons. The van der Waals surface area contributed by atoms with Crippen molar-refractivity contribution in [1.29, 1.82) is 0 Å². The zero-order valence-corrected chi connectivity index (χ0v) is 11.6. The Labute approximate surface area is 102 Å². The summed E-state index contributed by atoms with van der Waals surface area (Å²) in [6.07, 6.45) is 1.17. The summed E-state index contributed by atoms with van der Waals surface area (Å²) >= 11 is 0. The fourth-order valence-electron chi connectivity index (χ4n) is 1.55. The standard InChI is InChI=1S/C10H19N3O3S/c1-7(2)13-8(6-14)11-12-9(13)10(3,4)17(5,15)16/h7,14H,6H2,1-5H3. The van der Waals surface area contributed by atoms with Gasteiger partial charge in [-0.05, 0) is 27.7 Å². The Morgan fingerprint density at radius 2 is 1.88 bits per heavy atom. The first-order valence-electron chi connectivity index (χ1n) is 5.37. The normalized spacial score (nSPS) is 13.4. The summed E-state index contributed by atoms with van der Waals surface area (Å²) in [4.78, 5) is 0. The molecule has 1 aromatic heterocycles. The van der Waals surface area contributed by atoms with Crippen LogP contribution < -0.4 is 0 Å².